The average molecular weight is 734 g/mol. The lowest BCUT2D eigenvalue weighted by Gasteiger charge is -2.27. The first kappa shape index (κ1) is 31.6. The van der Waals surface area contributed by atoms with E-state index in [-0.39, 0.29) is 5.41 Å². The molecule has 264 valence electrons. The number of hydrogen-bond donors (Lipinski definition) is 0. The van der Waals surface area contributed by atoms with Gasteiger partial charge in [-0.05, 0) is 104 Å². The van der Waals surface area contributed by atoms with Crippen LogP contribution in [0.2, 0.25) is 0 Å². The van der Waals surface area contributed by atoms with E-state index in [4.69, 9.17) is 4.42 Å². The molecule has 0 fully saturated rings. The highest BCUT2D eigenvalue weighted by Crippen LogP contribution is 2.51. The summed E-state index contributed by atoms with van der Waals surface area (Å²) in [4.78, 5) is 2.43. The Kier molecular flexibility index (Phi) is 6.59. The highest BCUT2D eigenvalue weighted by Gasteiger charge is 2.35. The van der Waals surface area contributed by atoms with Crippen molar-refractivity contribution in [3.8, 4) is 22.3 Å². The number of furan rings is 1. The number of nitrogens with zero attached hydrogens (tertiary/aromatic N) is 1. The molecule has 0 amide bonds. The van der Waals surface area contributed by atoms with Crippen molar-refractivity contribution in [3.63, 3.8) is 0 Å². The van der Waals surface area contributed by atoms with E-state index in [0.29, 0.717) is 0 Å². The minimum absolute atomic E-state index is 0.0553. The molecule has 2 aromatic heterocycles. The van der Waals surface area contributed by atoms with Crippen LogP contribution in [0.25, 0.3) is 85.9 Å². The molecule has 0 spiro atoms. The number of rotatable bonds is 4. The predicted octanol–water partition coefficient (Wildman–Crippen LogP) is 15.7. The van der Waals surface area contributed by atoms with Crippen LogP contribution in [-0.2, 0) is 5.41 Å². The van der Waals surface area contributed by atoms with E-state index < -0.39 is 0 Å². The van der Waals surface area contributed by atoms with Gasteiger partial charge < -0.3 is 9.32 Å². The molecule has 0 N–H and O–H groups in total. The zero-order chi connectivity index (χ0) is 37.1. The maximum atomic E-state index is 6.61. The summed E-state index contributed by atoms with van der Waals surface area (Å²) in [5.74, 6) is 0. The summed E-state index contributed by atoms with van der Waals surface area (Å²) < 4.78 is 9.13. The van der Waals surface area contributed by atoms with Gasteiger partial charge in [0.05, 0.1) is 0 Å². The van der Waals surface area contributed by atoms with Crippen molar-refractivity contribution in [2.24, 2.45) is 0 Å². The minimum Gasteiger partial charge on any atom is -0.455 e. The largest absolute Gasteiger partial charge is 0.455 e. The Morgan fingerprint density at radius 1 is 0.446 bits per heavy atom. The summed E-state index contributed by atoms with van der Waals surface area (Å²) >= 11 is 1.86. The fourth-order valence-corrected chi connectivity index (χ4v) is 10.7. The van der Waals surface area contributed by atoms with Crippen molar-refractivity contribution < 1.29 is 4.42 Å². The lowest BCUT2D eigenvalue weighted by molar-refractivity contribution is 0.660. The third kappa shape index (κ3) is 4.49. The first-order valence-corrected chi connectivity index (χ1v) is 20.1. The Hall–Kier alpha value is -6.68. The van der Waals surface area contributed by atoms with Crippen LogP contribution in [0.15, 0.2) is 180 Å². The smallest absolute Gasteiger partial charge is 0.143 e. The molecule has 0 unspecified atom stereocenters. The molecule has 3 heteroatoms. The first-order valence-electron chi connectivity index (χ1n) is 19.3. The Bertz CT molecular complexity index is 3400. The second kappa shape index (κ2) is 11.7. The molecule has 0 saturated carbocycles. The summed E-state index contributed by atoms with van der Waals surface area (Å²) in [5, 5.41) is 9.75. The molecule has 2 heterocycles. The lowest BCUT2D eigenvalue weighted by atomic mass is 9.82. The first-order chi connectivity index (χ1) is 27.5. The monoisotopic (exact) mass is 733 g/mol. The zero-order valence-corrected chi connectivity index (χ0v) is 31.8. The van der Waals surface area contributed by atoms with Gasteiger partial charge >= 0.3 is 0 Å². The molecule has 0 aliphatic heterocycles. The number of fused-ring (bicyclic) bond motifs is 13. The molecule has 12 rings (SSSR count). The van der Waals surface area contributed by atoms with Crippen molar-refractivity contribution in [3.05, 3.63) is 187 Å². The van der Waals surface area contributed by atoms with Crippen molar-refractivity contribution in [1.82, 2.24) is 0 Å². The van der Waals surface area contributed by atoms with Gasteiger partial charge in [-0.15, -0.1) is 11.3 Å². The number of thiophene rings is 1. The third-order valence-corrected chi connectivity index (χ3v) is 13.4. The van der Waals surface area contributed by atoms with Crippen LogP contribution < -0.4 is 4.90 Å². The molecule has 0 radical (unpaired) electrons. The van der Waals surface area contributed by atoms with E-state index in [9.17, 15) is 0 Å². The van der Waals surface area contributed by atoms with Gasteiger partial charge in [-0.1, -0.05) is 135 Å². The van der Waals surface area contributed by atoms with Gasteiger partial charge in [-0.3, -0.25) is 0 Å². The van der Waals surface area contributed by atoms with Crippen LogP contribution in [0, 0.1) is 0 Å². The topological polar surface area (TPSA) is 16.4 Å². The van der Waals surface area contributed by atoms with Crippen molar-refractivity contribution >= 4 is 92.1 Å². The summed E-state index contributed by atoms with van der Waals surface area (Å²) in [6.07, 6.45) is 0. The number of benzene rings is 9. The molecule has 9 aromatic carbocycles. The molecule has 1 aliphatic carbocycles. The van der Waals surface area contributed by atoms with Crippen LogP contribution >= 0.6 is 11.3 Å². The van der Waals surface area contributed by atoms with Crippen molar-refractivity contribution in [1.29, 1.82) is 0 Å². The quantitative estimate of drug-likeness (QED) is 0.179. The molecular weight excluding hydrogens is 699 g/mol. The molecule has 1 aliphatic rings. The Labute approximate surface area is 328 Å². The highest BCUT2D eigenvalue weighted by molar-refractivity contribution is 7.26. The van der Waals surface area contributed by atoms with Gasteiger partial charge in [0.15, 0.2) is 0 Å². The number of anilines is 3. The van der Waals surface area contributed by atoms with Gasteiger partial charge in [-0.25, -0.2) is 0 Å². The fourth-order valence-electron chi connectivity index (χ4n) is 9.55. The Balaban J connectivity index is 1.05. The Morgan fingerprint density at radius 3 is 1.98 bits per heavy atom. The molecule has 0 saturated heterocycles. The van der Waals surface area contributed by atoms with Crippen LogP contribution in [0.3, 0.4) is 0 Å². The van der Waals surface area contributed by atoms with Crippen molar-refractivity contribution in [2.45, 2.75) is 19.3 Å². The Morgan fingerprint density at radius 2 is 1.11 bits per heavy atom. The van der Waals surface area contributed by atoms with Crippen LogP contribution in [0.1, 0.15) is 25.0 Å². The molecule has 2 nitrogen and oxygen atoms in total. The molecule has 0 bridgehead atoms. The molecule has 0 atom stereocenters. The van der Waals surface area contributed by atoms with Crippen LogP contribution in [-0.4, -0.2) is 0 Å². The van der Waals surface area contributed by atoms with Crippen molar-refractivity contribution in [2.75, 3.05) is 4.90 Å². The molecular formula is C53H35NOS. The van der Waals surface area contributed by atoms with Gasteiger partial charge in [0.25, 0.3) is 0 Å². The van der Waals surface area contributed by atoms with Crippen LogP contribution in [0.5, 0.6) is 0 Å². The van der Waals surface area contributed by atoms with E-state index >= 15 is 0 Å². The number of hydrogen-bond acceptors (Lipinski definition) is 3. The predicted molar refractivity (Wildman–Crippen MR) is 239 cm³/mol. The van der Waals surface area contributed by atoms with Gasteiger partial charge in [0.2, 0.25) is 0 Å². The van der Waals surface area contributed by atoms with E-state index in [0.717, 1.165) is 33.6 Å². The summed E-state index contributed by atoms with van der Waals surface area (Å²) in [6, 6.07) is 64.6. The second-order valence-electron chi connectivity index (χ2n) is 15.7. The lowest BCUT2D eigenvalue weighted by Crippen LogP contribution is -2.15. The summed E-state index contributed by atoms with van der Waals surface area (Å²) in [5.41, 5.74) is 13.1. The van der Waals surface area contributed by atoms with Gasteiger partial charge in [-0.2, -0.15) is 0 Å². The standard InChI is InChI=1S/C53H35NOS/c1-53(2)45-17-8-7-15-41(45)44-30-36(24-27-46(44)53)54(35-21-18-34(19-22-35)39-16-9-12-32-10-3-5-13-38(32)39)37-23-26-42-49(31-37)56-48-29-28-47-50(51(42)48)43-25-20-33-11-4-6-14-40(33)52(43)55-47/h3-31H,1-2H3. The average Bonchev–Trinajstić information content (AvgIpc) is 3.88. The molecule has 56 heavy (non-hydrogen) atoms. The normalized spacial score (nSPS) is 13.3. The highest BCUT2D eigenvalue weighted by atomic mass is 32.1. The van der Waals surface area contributed by atoms with E-state index in [1.54, 1.807) is 0 Å². The SMILES string of the molecule is CC1(C)c2ccccc2-c2cc(N(c3ccc(-c4cccc5ccccc45)cc3)c3ccc4c(c3)sc3ccc5oc6c7ccccc7ccc6c5c34)ccc21. The third-order valence-electron chi connectivity index (χ3n) is 12.3. The summed E-state index contributed by atoms with van der Waals surface area (Å²) in [7, 11) is 0. The minimum atomic E-state index is -0.0553. The van der Waals surface area contributed by atoms with E-state index in [2.05, 4.69) is 195 Å². The van der Waals surface area contributed by atoms with Gasteiger partial charge in [0.1, 0.15) is 11.2 Å². The van der Waals surface area contributed by atoms with Crippen LogP contribution in [0.4, 0.5) is 17.1 Å². The summed E-state index contributed by atoms with van der Waals surface area (Å²) in [6.45, 7) is 4.69. The molecule has 11 aromatic rings. The maximum absolute atomic E-state index is 6.61. The maximum Gasteiger partial charge on any atom is 0.143 e. The van der Waals surface area contributed by atoms with E-state index in [1.165, 1.54) is 80.5 Å². The van der Waals surface area contributed by atoms with E-state index in [1.807, 2.05) is 11.3 Å². The fraction of sp³-hybridized carbons (Fsp3) is 0.0566. The van der Waals surface area contributed by atoms with Gasteiger partial charge in [0, 0.05) is 58.8 Å². The second-order valence-corrected chi connectivity index (χ2v) is 16.8. The zero-order valence-electron chi connectivity index (χ0n) is 31.0.